The van der Waals surface area contributed by atoms with Crippen molar-refractivity contribution in [1.82, 2.24) is 5.32 Å². The average Bonchev–Trinajstić information content (AvgIpc) is 2.35. The van der Waals surface area contributed by atoms with Crippen molar-refractivity contribution >= 4 is 5.97 Å². The van der Waals surface area contributed by atoms with Gasteiger partial charge in [-0.25, -0.2) is 0 Å². The second-order valence-corrected chi connectivity index (χ2v) is 5.28. The molecule has 0 aliphatic rings. The minimum absolute atomic E-state index is 0.201. The number of unbranched alkanes of at least 4 members (excludes halogenated alkanes) is 6. The number of aliphatic carboxylic acids is 1. The summed E-state index contributed by atoms with van der Waals surface area (Å²) in [5.74, 6) is -0.514. The highest BCUT2D eigenvalue weighted by atomic mass is 16.4. The first-order valence-electron chi connectivity index (χ1n) is 7.59. The molecular formula is C15H31NO2. The molecule has 3 nitrogen and oxygen atoms in total. The van der Waals surface area contributed by atoms with E-state index in [4.69, 9.17) is 5.11 Å². The van der Waals surface area contributed by atoms with Gasteiger partial charge in [-0.1, -0.05) is 65.7 Å². The lowest BCUT2D eigenvalue weighted by Crippen LogP contribution is -2.42. The summed E-state index contributed by atoms with van der Waals surface area (Å²) in [6.45, 7) is 7.09. The van der Waals surface area contributed by atoms with Crippen LogP contribution in [0.2, 0.25) is 0 Å². The number of rotatable bonds is 12. The Kier molecular flexibility index (Phi) is 11.2. The molecule has 0 aliphatic heterocycles. The third-order valence-corrected chi connectivity index (χ3v) is 3.62. The van der Waals surface area contributed by atoms with Crippen molar-refractivity contribution in [3.63, 3.8) is 0 Å². The van der Waals surface area contributed by atoms with Gasteiger partial charge in [-0.05, 0) is 18.9 Å². The van der Waals surface area contributed by atoms with Crippen LogP contribution in [0, 0.1) is 5.92 Å². The first-order valence-corrected chi connectivity index (χ1v) is 7.59. The van der Waals surface area contributed by atoms with Crippen molar-refractivity contribution < 1.29 is 9.90 Å². The Hall–Kier alpha value is -0.570. The molecule has 0 amide bonds. The molecule has 1 unspecified atom stereocenters. The van der Waals surface area contributed by atoms with Gasteiger partial charge in [-0.3, -0.25) is 4.79 Å². The van der Waals surface area contributed by atoms with Crippen LogP contribution in [0.4, 0.5) is 0 Å². The predicted molar refractivity (Wildman–Crippen MR) is 76.9 cm³/mol. The van der Waals surface area contributed by atoms with Crippen LogP contribution in [-0.4, -0.2) is 23.7 Å². The fourth-order valence-corrected chi connectivity index (χ4v) is 2.11. The zero-order valence-corrected chi connectivity index (χ0v) is 12.4. The van der Waals surface area contributed by atoms with Crippen LogP contribution < -0.4 is 5.32 Å². The Morgan fingerprint density at radius 3 is 2.11 bits per heavy atom. The predicted octanol–water partition coefficient (Wildman–Crippen LogP) is 3.83. The van der Waals surface area contributed by atoms with Crippen LogP contribution in [0.5, 0.6) is 0 Å². The molecule has 0 aliphatic carbocycles. The molecule has 0 radical (unpaired) electrons. The van der Waals surface area contributed by atoms with Crippen molar-refractivity contribution in [3.8, 4) is 0 Å². The summed E-state index contributed by atoms with van der Waals surface area (Å²) >= 11 is 0. The maximum absolute atomic E-state index is 11.1. The molecule has 108 valence electrons. The van der Waals surface area contributed by atoms with E-state index in [1.165, 1.54) is 38.5 Å². The molecule has 18 heavy (non-hydrogen) atoms. The van der Waals surface area contributed by atoms with Crippen LogP contribution in [0.25, 0.3) is 0 Å². The summed E-state index contributed by atoms with van der Waals surface area (Å²) < 4.78 is 0. The average molecular weight is 257 g/mol. The SMILES string of the molecule is CCCCCCCCCN[C@H](C(=O)O)C(C)CC. The van der Waals surface area contributed by atoms with Crippen molar-refractivity contribution in [2.45, 2.75) is 78.2 Å². The molecule has 0 aromatic rings. The van der Waals surface area contributed by atoms with E-state index in [1.807, 2.05) is 13.8 Å². The molecule has 0 spiro atoms. The highest BCUT2D eigenvalue weighted by molar-refractivity contribution is 5.73. The summed E-state index contributed by atoms with van der Waals surface area (Å²) in [6.07, 6.45) is 9.78. The highest BCUT2D eigenvalue weighted by Crippen LogP contribution is 2.09. The van der Waals surface area contributed by atoms with Crippen LogP contribution >= 0.6 is 0 Å². The molecule has 0 saturated carbocycles. The van der Waals surface area contributed by atoms with Gasteiger partial charge >= 0.3 is 5.97 Å². The van der Waals surface area contributed by atoms with E-state index in [1.54, 1.807) is 0 Å². The summed E-state index contributed by atoms with van der Waals surface area (Å²) in [7, 11) is 0. The standard InChI is InChI=1S/C15H31NO2/c1-4-6-7-8-9-10-11-12-16-14(15(17)18)13(3)5-2/h13-14,16H,4-12H2,1-3H3,(H,17,18)/t13?,14-/m0/s1. The zero-order chi connectivity index (χ0) is 13.8. The molecule has 0 saturated heterocycles. The van der Waals surface area contributed by atoms with E-state index in [-0.39, 0.29) is 12.0 Å². The van der Waals surface area contributed by atoms with Crippen LogP contribution in [0.1, 0.15) is 72.1 Å². The second-order valence-electron chi connectivity index (χ2n) is 5.28. The van der Waals surface area contributed by atoms with E-state index in [2.05, 4.69) is 12.2 Å². The van der Waals surface area contributed by atoms with E-state index >= 15 is 0 Å². The molecule has 3 heteroatoms. The van der Waals surface area contributed by atoms with E-state index in [0.717, 1.165) is 19.4 Å². The van der Waals surface area contributed by atoms with Gasteiger partial charge in [0, 0.05) is 0 Å². The molecule has 0 rings (SSSR count). The zero-order valence-electron chi connectivity index (χ0n) is 12.4. The van der Waals surface area contributed by atoms with Crippen LogP contribution in [0.3, 0.4) is 0 Å². The van der Waals surface area contributed by atoms with Gasteiger partial charge < -0.3 is 10.4 Å². The van der Waals surface area contributed by atoms with Gasteiger partial charge in [0.15, 0.2) is 0 Å². The smallest absolute Gasteiger partial charge is 0.320 e. The van der Waals surface area contributed by atoms with Gasteiger partial charge in [0.1, 0.15) is 6.04 Å². The lowest BCUT2D eigenvalue weighted by atomic mass is 9.99. The number of carbonyl (C=O) groups is 1. The molecular weight excluding hydrogens is 226 g/mol. The number of hydrogen-bond acceptors (Lipinski definition) is 2. The third-order valence-electron chi connectivity index (χ3n) is 3.62. The largest absolute Gasteiger partial charge is 0.480 e. The van der Waals surface area contributed by atoms with Gasteiger partial charge in [-0.2, -0.15) is 0 Å². The third kappa shape index (κ3) is 8.51. The van der Waals surface area contributed by atoms with Gasteiger partial charge in [0.05, 0.1) is 0 Å². The fraction of sp³-hybridized carbons (Fsp3) is 0.933. The first kappa shape index (κ1) is 17.4. The second kappa shape index (κ2) is 11.5. The molecule has 0 fully saturated rings. The molecule has 2 atom stereocenters. The monoisotopic (exact) mass is 257 g/mol. The number of carboxylic acids is 1. The quantitative estimate of drug-likeness (QED) is 0.522. The molecule has 0 heterocycles. The number of carboxylic acid groups (broad SMARTS) is 1. The van der Waals surface area contributed by atoms with Crippen molar-refractivity contribution in [2.24, 2.45) is 5.92 Å². The minimum atomic E-state index is -0.715. The molecule has 0 aromatic carbocycles. The Bertz CT molecular complexity index is 207. The van der Waals surface area contributed by atoms with Gasteiger partial charge in [0.25, 0.3) is 0 Å². The van der Waals surface area contributed by atoms with Crippen LogP contribution in [0.15, 0.2) is 0 Å². The Morgan fingerprint density at radius 1 is 1.06 bits per heavy atom. The number of nitrogens with one attached hydrogen (secondary N) is 1. The number of hydrogen-bond donors (Lipinski definition) is 2. The van der Waals surface area contributed by atoms with Gasteiger partial charge in [-0.15, -0.1) is 0 Å². The van der Waals surface area contributed by atoms with Gasteiger partial charge in [0.2, 0.25) is 0 Å². The Morgan fingerprint density at radius 2 is 1.61 bits per heavy atom. The van der Waals surface area contributed by atoms with E-state index < -0.39 is 5.97 Å². The lowest BCUT2D eigenvalue weighted by molar-refractivity contribution is -0.140. The molecule has 0 aromatic heterocycles. The van der Waals surface area contributed by atoms with Crippen molar-refractivity contribution in [2.75, 3.05) is 6.54 Å². The lowest BCUT2D eigenvalue weighted by Gasteiger charge is -2.20. The summed E-state index contributed by atoms with van der Waals surface area (Å²) in [5.41, 5.74) is 0. The summed E-state index contributed by atoms with van der Waals surface area (Å²) in [4.78, 5) is 11.1. The Balaban J connectivity index is 3.53. The van der Waals surface area contributed by atoms with E-state index in [0.29, 0.717) is 0 Å². The normalized spacial score (nSPS) is 14.4. The summed E-state index contributed by atoms with van der Waals surface area (Å²) in [5, 5.41) is 12.3. The molecule has 0 bridgehead atoms. The topological polar surface area (TPSA) is 49.3 Å². The van der Waals surface area contributed by atoms with E-state index in [9.17, 15) is 4.79 Å². The molecule has 2 N–H and O–H groups in total. The fourth-order valence-electron chi connectivity index (χ4n) is 2.11. The maximum Gasteiger partial charge on any atom is 0.320 e. The van der Waals surface area contributed by atoms with Crippen molar-refractivity contribution in [3.05, 3.63) is 0 Å². The Labute approximate surface area is 112 Å². The van der Waals surface area contributed by atoms with Crippen LogP contribution in [-0.2, 0) is 4.79 Å². The minimum Gasteiger partial charge on any atom is -0.480 e. The summed E-state index contributed by atoms with van der Waals surface area (Å²) in [6, 6.07) is -0.380. The van der Waals surface area contributed by atoms with Crippen molar-refractivity contribution in [1.29, 1.82) is 0 Å². The maximum atomic E-state index is 11.1. The first-order chi connectivity index (χ1) is 8.63. The highest BCUT2D eigenvalue weighted by Gasteiger charge is 2.21.